The van der Waals surface area contributed by atoms with E-state index in [0.29, 0.717) is 5.92 Å². The number of halogens is 2. The zero-order valence-corrected chi connectivity index (χ0v) is 19.4. The summed E-state index contributed by atoms with van der Waals surface area (Å²) in [5.41, 5.74) is 4.62. The Kier molecular flexibility index (Phi) is 7.07. The largest absolute Gasteiger partial charge is 1.00 e. The summed E-state index contributed by atoms with van der Waals surface area (Å²) in [7, 11) is 0. The number of rotatable bonds is 2. The van der Waals surface area contributed by atoms with Crippen molar-refractivity contribution in [3.05, 3.63) is 60.0 Å². The number of hydrogen-bond acceptors (Lipinski definition) is 0. The average Bonchev–Trinajstić information content (AvgIpc) is 2.91. The second kappa shape index (κ2) is 7.51. The van der Waals surface area contributed by atoms with Crippen LogP contribution in [0.25, 0.3) is 6.08 Å². The van der Waals surface area contributed by atoms with Crippen molar-refractivity contribution >= 4 is 24.5 Å². The molecule has 0 spiro atoms. The molecule has 0 saturated heterocycles. The van der Waals surface area contributed by atoms with Crippen LogP contribution < -0.4 is 24.8 Å². The van der Waals surface area contributed by atoms with Crippen LogP contribution >= 0.6 is 0 Å². The Labute approximate surface area is 159 Å². The second-order valence-corrected chi connectivity index (χ2v) is 22.4. The fourth-order valence-electron chi connectivity index (χ4n) is 3.10. The monoisotopic (exact) mass is 503 g/mol. The van der Waals surface area contributed by atoms with E-state index in [0.717, 1.165) is 0 Å². The van der Waals surface area contributed by atoms with Gasteiger partial charge < -0.3 is 24.8 Å². The van der Waals surface area contributed by atoms with Gasteiger partial charge in [0.1, 0.15) is 0 Å². The van der Waals surface area contributed by atoms with Gasteiger partial charge in [0.2, 0.25) is 0 Å². The van der Waals surface area contributed by atoms with E-state index >= 15 is 0 Å². The topological polar surface area (TPSA) is 0 Å². The van der Waals surface area contributed by atoms with Crippen LogP contribution in [0.2, 0.25) is 14.8 Å². The van der Waals surface area contributed by atoms with E-state index in [2.05, 4.69) is 57.3 Å². The summed E-state index contributed by atoms with van der Waals surface area (Å²) >= 11 is -0.461. The quantitative estimate of drug-likeness (QED) is 0.445. The van der Waals surface area contributed by atoms with Gasteiger partial charge in [-0.1, -0.05) is 0 Å². The van der Waals surface area contributed by atoms with Crippen molar-refractivity contribution < 1.29 is 49.5 Å². The van der Waals surface area contributed by atoms with Crippen molar-refractivity contribution in [2.45, 2.75) is 27.2 Å². The van der Waals surface area contributed by atoms with Gasteiger partial charge in [-0.3, -0.25) is 0 Å². The molecule has 4 heteroatoms. The first-order valence-corrected chi connectivity index (χ1v) is 18.1. The van der Waals surface area contributed by atoms with Crippen LogP contribution in [0, 0.1) is 0 Å². The Morgan fingerprint density at radius 2 is 1.76 bits per heavy atom. The molecule has 1 aromatic carbocycles. The van der Waals surface area contributed by atoms with Crippen LogP contribution in [-0.2, 0) is 24.7 Å². The molecule has 0 fully saturated rings. The molecule has 2 aliphatic rings. The van der Waals surface area contributed by atoms with Gasteiger partial charge in [0.05, 0.1) is 0 Å². The molecule has 1 unspecified atom stereocenters. The van der Waals surface area contributed by atoms with Gasteiger partial charge in [0, 0.05) is 0 Å². The van der Waals surface area contributed by atoms with Crippen LogP contribution in [0.5, 0.6) is 0 Å². The molecule has 0 amide bonds. The Morgan fingerprint density at radius 1 is 1.10 bits per heavy atom. The summed E-state index contributed by atoms with van der Waals surface area (Å²) in [6.45, 7) is 0. The molecule has 109 valence electrons. The van der Waals surface area contributed by atoms with Crippen LogP contribution in [0.15, 0.2) is 48.9 Å². The molecular formula is C17H19Cl2SnZr. The molecular weight excluding hydrogens is 485 g/mol. The van der Waals surface area contributed by atoms with Crippen LogP contribution in [0.3, 0.4) is 0 Å². The fraction of sp³-hybridized carbons (Fsp3) is 0.294. The molecule has 0 N–H and O–H groups in total. The molecule has 21 heavy (non-hydrogen) atoms. The second-order valence-electron chi connectivity index (χ2n) is 6.45. The Morgan fingerprint density at radius 3 is 2.33 bits per heavy atom. The maximum atomic E-state index is 2.54. The standard InChI is InChI=1S/C14H10.3CH3.2ClH.Sn.Zr/c1-2-6-11(5-1)14-10-9-12-7-3-4-8-13(12)14;;;;;;;/h1,3-5,7-9,14H,2H2;3*1H3;2*1H;;/q;;;;;;;+2/p-2. The van der Waals surface area contributed by atoms with E-state index in [-0.39, 0.29) is 24.8 Å². The van der Waals surface area contributed by atoms with Crippen molar-refractivity contribution in [1.29, 1.82) is 0 Å². The molecule has 0 bridgehead atoms. The Balaban J connectivity index is 0.00000110. The number of allylic oxidation sites excluding steroid dienone is 5. The van der Waals surface area contributed by atoms with Gasteiger partial charge >= 0.3 is 136 Å². The predicted molar refractivity (Wildman–Crippen MR) is 81.3 cm³/mol. The van der Waals surface area contributed by atoms with Crippen molar-refractivity contribution in [3.8, 4) is 0 Å². The molecule has 0 heterocycles. The molecule has 0 aliphatic heterocycles. The van der Waals surface area contributed by atoms with Gasteiger partial charge in [-0.15, -0.1) is 0 Å². The minimum atomic E-state index is -2.05. The molecule has 0 radical (unpaired) electrons. The molecule has 1 atom stereocenters. The fourth-order valence-corrected chi connectivity index (χ4v) is 8.99. The average molecular weight is 504 g/mol. The van der Waals surface area contributed by atoms with Gasteiger partial charge in [0.15, 0.2) is 0 Å². The van der Waals surface area contributed by atoms with E-state index < -0.39 is 18.4 Å². The minimum absolute atomic E-state index is 0. The zero-order chi connectivity index (χ0) is 13.6. The van der Waals surface area contributed by atoms with Crippen LogP contribution in [0.4, 0.5) is 0 Å². The molecule has 0 aromatic heterocycles. The van der Waals surface area contributed by atoms with Crippen molar-refractivity contribution in [3.63, 3.8) is 0 Å². The van der Waals surface area contributed by atoms with E-state index in [4.69, 9.17) is 0 Å². The third-order valence-electron chi connectivity index (χ3n) is 4.07. The van der Waals surface area contributed by atoms with E-state index in [1.54, 1.807) is 42.7 Å². The molecule has 1 aromatic rings. The first-order valence-electron chi connectivity index (χ1n) is 6.90. The summed E-state index contributed by atoms with van der Waals surface area (Å²) in [5, 5.41) is 0. The normalized spacial score (nSPS) is 19.9. The molecule has 0 saturated carbocycles. The van der Waals surface area contributed by atoms with E-state index in [1.807, 2.05) is 0 Å². The van der Waals surface area contributed by atoms with Crippen LogP contribution in [0.1, 0.15) is 23.5 Å². The summed E-state index contributed by atoms with van der Waals surface area (Å²) in [4.78, 5) is 7.63. The Hall–Kier alpha value is 0.702. The number of hydrogen-bond donors (Lipinski definition) is 0. The maximum absolute atomic E-state index is 2.54. The smallest absolute Gasteiger partial charge is 1.00 e. The summed E-state index contributed by atoms with van der Waals surface area (Å²) in [6, 6.07) is 8.99. The zero-order valence-electron chi connectivity index (χ0n) is 12.6. The van der Waals surface area contributed by atoms with Crippen molar-refractivity contribution in [1.82, 2.24) is 0 Å². The molecule has 2 aliphatic carbocycles. The van der Waals surface area contributed by atoms with Crippen molar-refractivity contribution in [2.75, 3.05) is 0 Å². The first-order chi connectivity index (χ1) is 8.98. The minimum Gasteiger partial charge on any atom is -1.00 e. The van der Waals surface area contributed by atoms with Gasteiger partial charge in [-0.05, 0) is 0 Å². The SMILES string of the molecule is [CH3][Sn]([CH3])([CH3])[C]1=Cc2ccccc2C1C1=[C]([Zr+2])CC=C1.[Cl-].[Cl-]. The van der Waals surface area contributed by atoms with Gasteiger partial charge in [0.25, 0.3) is 0 Å². The first kappa shape index (κ1) is 19.7. The predicted octanol–water partition coefficient (Wildman–Crippen LogP) is -1.19. The van der Waals surface area contributed by atoms with E-state index in [9.17, 15) is 0 Å². The van der Waals surface area contributed by atoms with E-state index in [1.165, 1.54) is 12.0 Å². The summed E-state index contributed by atoms with van der Waals surface area (Å²) < 4.78 is 3.42. The number of benzene rings is 1. The number of fused-ring (bicyclic) bond motifs is 1. The maximum Gasteiger partial charge on any atom is -1.00 e. The molecule has 3 rings (SSSR count). The third-order valence-corrected chi connectivity index (χ3v) is 11.5. The van der Waals surface area contributed by atoms with Crippen molar-refractivity contribution in [2.24, 2.45) is 0 Å². The summed E-state index contributed by atoms with van der Waals surface area (Å²) in [6.07, 6.45) is 8.43. The summed E-state index contributed by atoms with van der Waals surface area (Å²) in [5.74, 6) is 0.583. The van der Waals surface area contributed by atoms with Gasteiger partial charge in [-0.25, -0.2) is 0 Å². The van der Waals surface area contributed by atoms with Gasteiger partial charge in [-0.2, -0.15) is 0 Å². The third kappa shape index (κ3) is 3.79. The van der Waals surface area contributed by atoms with Crippen LogP contribution in [-0.4, -0.2) is 18.4 Å². The molecule has 0 nitrogen and oxygen atoms in total. The Bertz CT molecular complexity index is 624.